The summed E-state index contributed by atoms with van der Waals surface area (Å²) in [5.41, 5.74) is 0. The van der Waals surface area contributed by atoms with E-state index in [2.05, 4.69) is 0 Å². The molecule has 0 spiro atoms. The summed E-state index contributed by atoms with van der Waals surface area (Å²) in [6.45, 7) is 3.28. The average molecular weight is 169 g/mol. The minimum Gasteiger partial charge on any atom is -0.450 e. The van der Waals surface area contributed by atoms with Gasteiger partial charge in [-0.05, 0) is 25.7 Å². The Hall–Kier alpha value is -0.730. The summed E-state index contributed by atoms with van der Waals surface area (Å²) < 4.78 is 4.94. The van der Waals surface area contributed by atoms with Crippen LogP contribution in [0.4, 0.5) is 4.79 Å². The number of ether oxygens (including phenoxy) is 1. The minimum absolute atomic E-state index is 0.111. The van der Waals surface area contributed by atoms with Crippen molar-refractivity contribution < 1.29 is 9.53 Å². The summed E-state index contributed by atoms with van der Waals surface area (Å²) in [5.74, 6) is 0.786. The van der Waals surface area contributed by atoms with Gasteiger partial charge in [0, 0.05) is 12.6 Å². The number of likely N-dealkylation sites (tertiary alicyclic amines) is 1. The third-order valence-electron chi connectivity index (χ3n) is 2.95. The molecule has 0 aromatic heterocycles. The largest absolute Gasteiger partial charge is 0.450 e. The van der Waals surface area contributed by atoms with Crippen LogP contribution in [0, 0.1) is 5.92 Å². The Morgan fingerprint density at radius 3 is 3.08 bits per heavy atom. The molecule has 1 aliphatic heterocycles. The number of carbonyl (C=O) groups is 1. The van der Waals surface area contributed by atoms with Gasteiger partial charge in [0.1, 0.15) is 0 Å². The summed E-state index contributed by atoms with van der Waals surface area (Å²) in [4.78, 5) is 13.1. The Morgan fingerprint density at radius 1 is 1.58 bits per heavy atom. The maximum absolute atomic E-state index is 11.3. The summed E-state index contributed by atoms with van der Waals surface area (Å²) in [5, 5.41) is 0. The van der Waals surface area contributed by atoms with Crippen molar-refractivity contribution in [1.82, 2.24) is 4.90 Å². The van der Waals surface area contributed by atoms with Crippen molar-refractivity contribution in [2.24, 2.45) is 5.92 Å². The molecule has 3 heteroatoms. The fourth-order valence-corrected chi connectivity index (χ4v) is 2.31. The molecule has 1 amide bonds. The maximum atomic E-state index is 11.3. The molecule has 0 N–H and O–H groups in total. The van der Waals surface area contributed by atoms with Gasteiger partial charge >= 0.3 is 6.09 Å². The molecule has 1 saturated carbocycles. The highest BCUT2D eigenvalue weighted by Gasteiger charge is 2.45. The number of hydrogen-bond donors (Lipinski definition) is 0. The first-order chi connectivity index (χ1) is 5.83. The van der Waals surface area contributed by atoms with Crippen LogP contribution in [-0.4, -0.2) is 30.2 Å². The second kappa shape index (κ2) is 2.96. The van der Waals surface area contributed by atoms with Crippen LogP contribution < -0.4 is 0 Å². The van der Waals surface area contributed by atoms with E-state index in [0.717, 1.165) is 12.5 Å². The van der Waals surface area contributed by atoms with Crippen molar-refractivity contribution in [2.45, 2.75) is 32.2 Å². The molecule has 2 atom stereocenters. The Kier molecular flexibility index (Phi) is 1.95. The average Bonchev–Trinajstić information content (AvgIpc) is 2.33. The molecule has 3 nitrogen and oxygen atoms in total. The van der Waals surface area contributed by atoms with E-state index in [0.29, 0.717) is 12.6 Å². The van der Waals surface area contributed by atoms with E-state index in [4.69, 9.17) is 4.74 Å². The zero-order valence-corrected chi connectivity index (χ0v) is 7.45. The van der Waals surface area contributed by atoms with Crippen LogP contribution in [-0.2, 0) is 4.74 Å². The third-order valence-corrected chi connectivity index (χ3v) is 2.95. The van der Waals surface area contributed by atoms with Gasteiger partial charge in [-0.2, -0.15) is 0 Å². The van der Waals surface area contributed by atoms with Crippen molar-refractivity contribution >= 4 is 6.09 Å². The molecule has 0 radical (unpaired) electrons. The number of fused-ring (bicyclic) bond motifs is 1. The lowest BCUT2D eigenvalue weighted by Gasteiger charge is -2.43. The molecule has 2 rings (SSSR count). The van der Waals surface area contributed by atoms with E-state index < -0.39 is 0 Å². The Bertz CT molecular complexity index is 193. The normalized spacial score (nSPS) is 32.6. The Morgan fingerprint density at radius 2 is 2.42 bits per heavy atom. The molecule has 68 valence electrons. The predicted octanol–water partition coefficient (Wildman–Crippen LogP) is 1.63. The predicted molar refractivity (Wildman–Crippen MR) is 44.9 cm³/mol. The second-order valence-electron chi connectivity index (χ2n) is 3.61. The van der Waals surface area contributed by atoms with E-state index in [1.807, 2.05) is 11.8 Å². The van der Waals surface area contributed by atoms with Crippen molar-refractivity contribution in [3.63, 3.8) is 0 Å². The van der Waals surface area contributed by atoms with Crippen LogP contribution in [0.2, 0.25) is 0 Å². The highest BCUT2D eigenvalue weighted by Crippen LogP contribution is 2.38. The fourth-order valence-electron chi connectivity index (χ4n) is 2.31. The standard InChI is InChI=1S/C9H15NO2/c1-2-12-9(11)10-6-7-4-3-5-8(7)10/h7-8H,2-6H2,1H3. The van der Waals surface area contributed by atoms with Gasteiger partial charge in [-0.15, -0.1) is 0 Å². The smallest absolute Gasteiger partial charge is 0.410 e. The van der Waals surface area contributed by atoms with Gasteiger partial charge < -0.3 is 9.64 Å². The summed E-state index contributed by atoms with van der Waals surface area (Å²) in [6, 6.07) is 0.518. The first-order valence-corrected chi connectivity index (χ1v) is 4.76. The van der Waals surface area contributed by atoms with Gasteiger partial charge in [0.25, 0.3) is 0 Å². The van der Waals surface area contributed by atoms with E-state index in [1.165, 1.54) is 19.3 Å². The van der Waals surface area contributed by atoms with Crippen molar-refractivity contribution in [3.05, 3.63) is 0 Å². The molecule has 2 fully saturated rings. The van der Waals surface area contributed by atoms with Gasteiger partial charge in [0.2, 0.25) is 0 Å². The molecule has 0 bridgehead atoms. The van der Waals surface area contributed by atoms with Gasteiger partial charge in [-0.1, -0.05) is 6.42 Å². The quantitative estimate of drug-likeness (QED) is 0.597. The van der Waals surface area contributed by atoms with E-state index in [9.17, 15) is 4.79 Å². The molecule has 2 aliphatic rings. The van der Waals surface area contributed by atoms with Crippen molar-refractivity contribution in [3.8, 4) is 0 Å². The highest BCUT2D eigenvalue weighted by molar-refractivity contribution is 5.69. The molecular weight excluding hydrogens is 154 g/mol. The first kappa shape index (κ1) is 7.90. The van der Waals surface area contributed by atoms with Crippen LogP contribution in [0.5, 0.6) is 0 Å². The van der Waals surface area contributed by atoms with E-state index in [-0.39, 0.29) is 6.09 Å². The molecule has 12 heavy (non-hydrogen) atoms. The zero-order valence-electron chi connectivity index (χ0n) is 7.45. The van der Waals surface area contributed by atoms with E-state index >= 15 is 0 Å². The van der Waals surface area contributed by atoms with Gasteiger partial charge in [0.05, 0.1) is 6.61 Å². The summed E-state index contributed by atoms with van der Waals surface area (Å²) in [7, 11) is 0. The number of hydrogen-bond acceptors (Lipinski definition) is 2. The number of carbonyl (C=O) groups excluding carboxylic acids is 1. The van der Waals surface area contributed by atoms with Crippen LogP contribution in [0.15, 0.2) is 0 Å². The summed E-state index contributed by atoms with van der Waals surface area (Å²) in [6.07, 6.45) is 3.66. The molecule has 0 aromatic carbocycles. The monoisotopic (exact) mass is 169 g/mol. The lowest BCUT2D eigenvalue weighted by atomic mass is 9.93. The minimum atomic E-state index is -0.111. The molecule has 1 saturated heterocycles. The zero-order chi connectivity index (χ0) is 8.55. The molecular formula is C9H15NO2. The lowest BCUT2D eigenvalue weighted by molar-refractivity contribution is 0.0229. The number of amides is 1. The lowest BCUT2D eigenvalue weighted by Crippen LogP contribution is -2.56. The SMILES string of the molecule is CCOC(=O)N1CC2CCCC21. The van der Waals surface area contributed by atoms with Gasteiger partial charge in [0.15, 0.2) is 0 Å². The molecule has 1 aliphatic carbocycles. The van der Waals surface area contributed by atoms with Crippen LogP contribution in [0.25, 0.3) is 0 Å². The highest BCUT2D eigenvalue weighted by atomic mass is 16.6. The van der Waals surface area contributed by atoms with E-state index in [1.54, 1.807) is 0 Å². The van der Waals surface area contributed by atoms with Gasteiger partial charge in [-0.25, -0.2) is 4.79 Å². The molecule has 0 aromatic rings. The first-order valence-electron chi connectivity index (χ1n) is 4.76. The van der Waals surface area contributed by atoms with Gasteiger partial charge in [-0.3, -0.25) is 0 Å². The van der Waals surface area contributed by atoms with Crippen molar-refractivity contribution in [1.29, 1.82) is 0 Å². The molecule has 2 unspecified atom stereocenters. The summed E-state index contributed by atoms with van der Waals surface area (Å²) >= 11 is 0. The number of nitrogens with zero attached hydrogens (tertiary/aromatic N) is 1. The Labute approximate surface area is 72.7 Å². The van der Waals surface area contributed by atoms with Crippen molar-refractivity contribution in [2.75, 3.05) is 13.2 Å². The Balaban J connectivity index is 1.87. The fraction of sp³-hybridized carbons (Fsp3) is 0.889. The topological polar surface area (TPSA) is 29.5 Å². The number of rotatable bonds is 1. The third kappa shape index (κ3) is 1.08. The maximum Gasteiger partial charge on any atom is 0.410 e. The van der Waals surface area contributed by atoms with Crippen LogP contribution >= 0.6 is 0 Å². The molecule has 1 heterocycles. The van der Waals surface area contributed by atoms with Crippen LogP contribution in [0.3, 0.4) is 0 Å². The van der Waals surface area contributed by atoms with Crippen LogP contribution in [0.1, 0.15) is 26.2 Å². The second-order valence-corrected chi connectivity index (χ2v) is 3.61.